The van der Waals surface area contributed by atoms with Crippen molar-refractivity contribution in [3.05, 3.63) is 83.9 Å². The number of rotatable bonds is 4. The summed E-state index contributed by atoms with van der Waals surface area (Å²) >= 11 is 0. The molecular weight excluding hydrogens is 640 g/mol. The number of amides is 4. The molecule has 4 N–H and O–H groups in total. The number of allylic oxidation sites excluding steroid dienone is 2. The molecule has 0 unspecified atom stereocenters. The number of hydrogen-bond acceptors (Lipinski definition) is 10. The molecule has 0 spiro atoms. The van der Waals surface area contributed by atoms with Crippen LogP contribution in [-0.4, -0.2) is 79.0 Å². The number of hydrogen-bond donors (Lipinski definition) is 0. The Bertz CT molecular complexity index is 1160. The second kappa shape index (κ2) is 23.8. The smallest absolute Gasteiger partial charge is 0.875 e. The Hall–Kier alpha value is -4.56. The van der Waals surface area contributed by atoms with Gasteiger partial charge in [0.1, 0.15) is 0 Å². The van der Waals surface area contributed by atoms with Crippen molar-refractivity contribution in [2.75, 3.05) is 13.1 Å². The van der Waals surface area contributed by atoms with Crippen LogP contribution in [0.3, 0.4) is 0 Å². The first-order valence-corrected chi connectivity index (χ1v) is 13.2. The van der Waals surface area contributed by atoms with Crippen LogP contribution in [0.15, 0.2) is 83.9 Å². The molecule has 2 aliphatic heterocycles. The van der Waals surface area contributed by atoms with Crippen LogP contribution in [0.25, 0.3) is 0 Å². The third-order valence-corrected chi connectivity index (χ3v) is 5.48. The number of ketones is 2. The zero-order valence-electron chi connectivity index (χ0n) is 25.4. The number of Topliss-reactive ketones (excluding diaryl/α,β-unsaturated/α-hetero) is 2. The van der Waals surface area contributed by atoms with Crippen molar-refractivity contribution in [3.8, 4) is 0 Å². The fraction of sp³-hybridized carbons (Fsp3) is 0.333. The van der Waals surface area contributed by atoms with E-state index in [9.17, 15) is 39.0 Å². The van der Waals surface area contributed by atoms with Gasteiger partial charge in [0.05, 0.1) is 24.2 Å². The SMILES string of the molecule is CCC/C([O-])=C1/C(=O)CN(C(C)=O)C1=O.CCC/C([O-])=C1/C(=O)CN(C(C)=O)C1=O.O.O.[Cu+2].c1ccncc1.c1ccncc1. The molecule has 2 fully saturated rings. The molecule has 15 heteroatoms. The van der Waals surface area contributed by atoms with E-state index in [4.69, 9.17) is 0 Å². The Labute approximate surface area is 271 Å². The Kier molecular flexibility index (Phi) is 23.8. The van der Waals surface area contributed by atoms with Gasteiger partial charge in [-0.05, 0) is 37.1 Å². The summed E-state index contributed by atoms with van der Waals surface area (Å²) in [5.74, 6) is -4.52. The van der Waals surface area contributed by atoms with Crippen LogP contribution < -0.4 is 10.2 Å². The van der Waals surface area contributed by atoms with Crippen molar-refractivity contribution < 1.29 is 67.0 Å². The van der Waals surface area contributed by atoms with Gasteiger partial charge >= 0.3 is 17.1 Å². The fourth-order valence-corrected chi connectivity index (χ4v) is 3.48. The molecule has 4 rings (SSSR count). The summed E-state index contributed by atoms with van der Waals surface area (Å²) in [5, 5.41) is 22.8. The van der Waals surface area contributed by atoms with Crippen molar-refractivity contribution in [1.29, 1.82) is 0 Å². The Morgan fingerprint density at radius 3 is 1.09 bits per heavy atom. The van der Waals surface area contributed by atoms with Crippen molar-refractivity contribution in [2.24, 2.45) is 0 Å². The third kappa shape index (κ3) is 14.6. The van der Waals surface area contributed by atoms with Gasteiger partial charge in [-0.2, -0.15) is 0 Å². The summed E-state index contributed by atoms with van der Waals surface area (Å²) in [5.41, 5.74) is -0.681. The van der Waals surface area contributed by atoms with Gasteiger partial charge in [0, 0.05) is 38.6 Å². The number of nitrogens with zero attached hydrogens (tertiary/aromatic N) is 4. The average Bonchev–Trinajstić information content (AvgIpc) is 3.45. The van der Waals surface area contributed by atoms with Crippen LogP contribution in [0.4, 0.5) is 0 Å². The first kappa shape index (κ1) is 44.9. The predicted molar refractivity (Wildman–Crippen MR) is 154 cm³/mol. The molecule has 2 saturated heterocycles. The van der Waals surface area contributed by atoms with Crippen LogP contribution >= 0.6 is 0 Å². The first-order chi connectivity index (χ1) is 20.0. The number of carbonyl (C=O) groups is 6. The number of carbonyl (C=O) groups excluding carboxylic acids is 6. The van der Waals surface area contributed by atoms with Crippen LogP contribution in [-0.2, 0) is 45.8 Å². The van der Waals surface area contributed by atoms with E-state index >= 15 is 0 Å². The molecule has 2 aromatic rings. The normalized spacial score (nSPS) is 15.3. The number of aromatic nitrogens is 2. The number of imide groups is 2. The maximum Gasteiger partial charge on any atom is 2.00 e. The van der Waals surface area contributed by atoms with E-state index in [1.807, 2.05) is 36.4 Å². The summed E-state index contributed by atoms with van der Waals surface area (Å²) in [7, 11) is 0. The summed E-state index contributed by atoms with van der Waals surface area (Å²) < 4.78 is 0. The molecule has 0 aromatic carbocycles. The van der Waals surface area contributed by atoms with E-state index in [2.05, 4.69) is 9.97 Å². The maximum atomic E-state index is 11.5. The van der Waals surface area contributed by atoms with E-state index < -0.39 is 46.7 Å². The first-order valence-electron chi connectivity index (χ1n) is 13.2. The molecule has 2 aliphatic rings. The minimum Gasteiger partial charge on any atom is -0.875 e. The Balaban J connectivity index is -0.000000549. The zero-order chi connectivity index (χ0) is 31.7. The van der Waals surface area contributed by atoms with E-state index in [0.717, 1.165) is 9.80 Å². The summed E-state index contributed by atoms with van der Waals surface area (Å²) in [6.45, 7) is 5.37. The van der Waals surface area contributed by atoms with Gasteiger partial charge in [0.15, 0.2) is 11.6 Å². The third-order valence-electron chi connectivity index (χ3n) is 5.48. The zero-order valence-corrected chi connectivity index (χ0v) is 26.3. The van der Waals surface area contributed by atoms with Gasteiger partial charge in [0.25, 0.3) is 11.8 Å². The number of likely N-dealkylation sites (tertiary alicyclic amines) is 2. The van der Waals surface area contributed by atoms with Crippen molar-refractivity contribution in [1.82, 2.24) is 19.8 Å². The molecule has 4 amide bonds. The molecule has 1 radical (unpaired) electrons. The number of pyridine rings is 2. The van der Waals surface area contributed by atoms with Crippen molar-refractivity contribution in [2.45, 2.75) is 53.4 Å². The van der Waals surface area contributed by atoms with Gasteiger partial charge in [-0.15, -0.1) is 11.5 Å². The monoisotopic (exact) mass is 677 g/mol. The molecule has 14 nitrogen and oxygen atoms in total. The van der Waals surface area contributed by atoms with Crippen LogP contribution in [0.2, 0.25) is 0 Å². The van der Waals surface area contributed by atoms with Gasteiger partial charge in [-0.25, -0.2) is 0 Å². The van der Waals surface area contributed by atoms with Gasteiger partial charge < -0.3 is 21.2 Å². The predicted octanol–water partition coefficient (Wildman–Crippen LogP) is -0.771. The quantitative estimate of drug-likeness (QED) is 0.169. The molecule has 0 aliphatic carbocycles. The fourth-order valence-electron chi connectivity index (χ4n) is 3.48. The molecule has 2 aromatic heterocycles. The summed E-state index contributed by atoms with van der Waals surface area (Å²) in [6.07, 6.45) is 8.48. The van der Waals surface area contributed by atoms with E-state index in [-0.39, 0.29) is 65.1 Å². The van der Waals surface area contributed by atoms with Crippen LogP contribution in [0.5, 0.6) is 0 Å². The molecule has 249 valence electrons. The molecule has 0 bridgehead atoms. The second-order valence-electron chi connectivity index (χ2n) is 8.81. The minimum atomic E-state index is -0.744. The average molecular weight is 678 g/mol. The maximum absolute atomic E-state index is 11.5. The van der Waals surface area contributed by atoms with Gasteiger partial charge in [0.2, 0.25) is 11.8 Å². The molecule has 45 heavy (non-hydrogen) atoms. The standard InChI is InChI=1S/2C10H13NO4.2C5H5N.Cu.2H2O/c2*1-3-4-7(13)9-8(14)5-11(6(2)12)10(9)15;2*1-2-4-6-5-3-1;;;/h2*13H,3-5H2,1-2H3;2*1-5H;;2*1H2/q;;;;+2;;/p-2/b2*9-7+;;;;;. The molecule has 0 atom stereocenters. The molecular formula is C30H38CuN4O10. The largest absolute Gasteiger partial charge is 2.00 e. The molecule has 0 saturated carbocycles. The van der Waals surface area contributed by atoms with Crippen LogP contribution in [0.1, 0.15) is 53.4 Å². The van der Waals surface area contributed by atoms with Crippen LogP contribution in [0, 0.1) is 0 Å². The topological polar surface area (TPSA) is 244 Å². The van der Waals surface area contributed by atoms with Gasteiger partial charge in [-0.1, -0.05) is 38.8 Å². The Morgan fingerprint density at radius 2 is 0.933 bits per heavy atom. The minimum absolute atomic E-state index is 0. The van der Waals surface area contributed by atoms with E-state index in [1.165, 1.54) is 13.8 Å². The van der Waals surface area contributed by atoms with Gasteiger partial charge in [-0.3, -0.25) is 48.5 Å². The van der Waals surface area contributed by atoms with E-state index in [0.29, 0.717) is 12.8 Å². The second-order valence-corrected chi connectivity index (χ2v) is 8.81. The van der Waals surface area contributed by atoms with E-state index in [1.54, 1.807) is 38.6 Å². The van der Waals surface area contributed by atoms with Crippen molar-refractivity contribution >= 4 is 35.2 Å². The summed E-state index contributed by atoms with van der Waals surface area (Å²) in [6, 6.07) is 11.4. The molecule has 4 heterocycles. The van der Waals surface area contributed by atoms with Crippen molar-refractivity contribution in [3.63, 3.8) is 0 Å². The summed E-state index contributed by atoms with van der Waals surface area (Å²) in [4.78, 5) is 76.8. The Morgan fingerprint density at radius 1 is 0.644 bits per heavy atom.